The molecular weight excluding hydrogens is 307 g/mol. The molecular formula is C17H19Cl2O2. The highest BCUT2D eigenvalue weighted by atomic mass is 35.5. The van der Waals surface area contributed by atoms with Crippen molar-refractivity contribution in [1.82, 2.24) is 0 Å². The number of rotatable bonds is 4. The van der Waals surface area contributed by atoms with Crippen LogP contribution < -0.4 is 9.47 Å². The molecule has 1 aliphatic rings. The lowest BCUT2D eigenvalue weighted by molar-refractivity contribution is 0.402. The van der Waals surface area contributed by atoms with Gasteiger partial charge in [0.2, 0.25) is 0 Å². The van der Waals surface area contributed by atoms with E-state index in [1.165, 1.54) is 0 Å². The lowest BCUT2D eigenvalue weighted by atomic mass is 9.87. The summed E-state index contributed by atoms with van der Waals surface area (Å²) in [5.41, 5.74) is 2.97. The Bertz CT molecular complexity index is 601. The molecule has 1 radical (unpaired) electrons. The predicted octanol–water partition coefficient (Wildman–Crippen LogP) is 5.41. The Morgan fingerprint density at radius 3 is 2.33 bits per heavy atom. The summed E-state index contributed by atoms with van der Waals surface area (Å²) >= 11 is 12.9. The van der Waals surface area contributed by atoms with E-state index in [2.05, 4.69) is 20.3 Å². The standard InChI is InChI=1S/C17H19Cl2O2/c1-10(2)12-6-7-13(17(19)16(12)18)14-9-11(20-3)5-8-15(14)21-4/h5-6,8-10H,7H2,1-4H3. The highest BCUT2D eigenvalue weighted by Gasteiger charge is 2.24. The molecule has 2 rings (SSSR count). The fourth-order valence-electron chi connectivity index (χ4n) is 2.42. The van der Waals surface area contributed by atoms with Crippen molar-refractivity contribution in [2.45, 2.75) is 20.3 Å². The molecule has 1 aliphatic carbocycles. The Hall–Kier alpha value is -1.12. The highest BCUT2D eigenvalue weighted by molar-refractivity contribution is 6.46. The van der Waals surface area contributed by atoms with E-state index in [-0.39, 0.29) is 0 Å². The predicted molar refractivity (Wildman–Crippen MR) is 89.0 cm³/mol. The maximum Gasteiger partial charge on any atom is 0.126 e. The Kier molecular flexibility index (Phi) is 5.23. The van der Waals surface area contributed by atoms with Crippen LogP contribution in [-0.4, -0.2) is 14.2 Å². The van der Waals surface area contributed by atoms with Gasteiger partial charge >= 0.3 is 0 Å². The molecule has 0 amide bonds. The maximum absolute atomic E-state index is 6.50. The van der Waals surface area contributed by atoms with Crippen molar-refractivity contribution in [2.75, 3.05) is 14.2 Å². The molecule has 1 aromatic carbocycles. The van der Waals surface area contributed by atoms with E-state index in [1.807, 2.05) is 18.2 Å². The molecule has 0 spiro atoms. The SMILES string of the molecule is COc1ccc(OC)c(C2=C(Cl)C(Cl)=C(C(C)C)[CH]C2)c1. The van der Waals surface area contributed by atoms with E-state index in [1.54, 1.807) is 14.2 Å². The molecule has 2 nitrogen and oxygen atoms in total. The van der Waals surface area contributed by atoms with Crippen molar-refractivity contribution in [1.29, 1.82) is 0 Å². The van der Waals surface area contributed by atoms with E-state index in [0.29, 0.717) is 16.0 Å². The van der Waals surface area contributed by atoms with E-state index < -0.39 is 0 Å². The summed E-state index contributed by atoms with van der Waals surface area (Å²) in [6.07, 6.45) is 2.86. The van der Waals surface area contributed by atoms with Gasteiger partial charge in [-0.3, -0.25) is 0 Å². The minimum Gasteiger partial charge on any atom is -0.497 e. The number of methoxy groups -OCH3 is 2. The van der Waals surface area contributed by atoms with E-state index in [4.69, 9.17) is 32.7 Å². The number of benzene rings is 1. The third-order valence-electron chi connectivity index (χ3n) is 3.59. The van der Waals surface area contributed by atoms with Gasteiger partial charge in [-0.2, -0.15) is 0 Å². The summed E-state index contributed by atoms with van der Waals surface area (Å²) in [6.45, 7) is 4.21. The molecule has 0 atom stereocenters. The molecule has 21 heavy (non-hydrogen) atoms. The van der Waals surface area contributed by atoms with Gasteiger partial charge in [0, 0.05) is 5.56 Å². The fourth-order valence-corrected chi connectivity index (χ4v) is 3.12. The second-order valence-electron chi connectivity index (χ2n) is 5.19. The molecule has 1 aromatic rings. The summed E-state index contributed by atoms with van der Waals surface area (Å²) in [5.74, 6) is 1.87. The van der Waals surface area contributed by atoms with Gasteiger partial charge in [-0.1, -0.05) is 37.0 Å². The molecule has 0 saturated carbocycles. The minimum absolute atomic E-state index is 0.347. The molecule has 4 heteroatoms. The summed E-state index contributed by atoms with van der Waals surface area (Å²) < 4.78 is 10.7. The zero-order valence-corrected chi connectivity index (χ0v) is 14.2. The van der Waals surface area contributed by atoms with Gasteiger partial charge in [0.25, 0.3) is 0 Å². The van der Waals surface area contributed by atoms with Crippen LogP contribution in [-0.2, 0) is 0 Å². The van der Waals surface area contributed by atoms with E-state index in [9.17, 15) is 0 Å². The van der Waals surface area contributed by atoms with Crippen molar-refractivity contribution in [2.24, 2.45) is 5.92 Å². The third-order valence-corrected chi connectivity index (χ3v) is 4.51. The lowest BCUT2D eigenvalue weighted by Crippen LogP contribution is -2.06. The van der Waals surface area contributed by atoms with Crippen LogP contribution in [0.2, 0.25) is 0 Å². The van der Waals surface area contributed by atoms with Crippen LogP contribution in [0.25, 0.3) is 5.57 Å². The van der Waals surface area contributed by atoms with Gasteiger partial charge in [-0.25, -0.2) is 0 Å². The molecule has 0 bridgehead atoms. The van der Waals surface area contributed by atoms with Crippen LogP contribution in [0.4, 0.5) is 0 Å². The monoisotopic (exact) mass is 325 g/mol. The second-order valence-corrected chi connectivity index (χ2v) is 5.95. The zero-order chi connectivity index (χ0) is 15.6. The minimum atomic E-state index is 0.347. The smallest absolute Gasteiger partial charge is 0.126 e. The Labute approximate surface area is 136 Å². The third kappa shape index (κ3) is 3.22. The molecule has 0 fully saturated rings. The van der Waals surface area contributed by atoms with Gasteiger partial charge < -0.3 is 9.47 Å². The largest absolute Gasteiger partial charge is 0.497 e. The number of halogens is 2. The maximum atomic E-state index is 6.50. The van der Waals surface area contributed by atoms with Crippen LogP contribution in [0.5, 0.6) is 11.5 Å². The normalized spacial score (nSPS) is 15.8. The quantitative estimate of drug-likeness (QED) is 0.736. The van der Waals surface area contributed by atoms with Gasteiger partial charge in [0.1, 0.15) is 11.5 Å². The van der Waals surface area contributed by atoms with Crippen LogP contribution in [0.1, 0.15) is 25.8 Å². The van der Waals surface area contributed by atoms with Crippen molar-refractivity contribution in [3.63, 3.8) is 0 Å². The van der Waals surface area contributed by atoms with Crippen molar-refractivity contribution >= 4 is 28.8 Å². The first-order valence-electron chi connectivity index (χ1n) is 6.83. The number of hydrogen-bond acceptors (Lipinski definition) is 2. The fraction of sp³-hybridized carbons (Fsp3) is 0.353. The van der Waals surface area contributed by atoms with E-state index >= 15 is 0 Å². The van der Waals surface area contributed by atoms with Crippen molar-refractivity contribution in [3.05, 3.63) is 45.8 Å². The van der Waals surface area contributed by atoms with Crippen LogP contribution in [0.3, 0.4) is 0 Å². The summed E-state index contributed by atoms with van der Waals surface area (Å²) in [7, 11) is 3.28. The van der Waals surface area contributed by atoms with Gasteiger partial charge in [-0.15, -0.1) is 0 Å². The topological polar surface area (TPSA) is 18.5 Å². The average molecular weight is 326 g/mol. The zero-order valence-electron chi connectivity index (χ0n) is 12.7. The van der Waals surface area contributed by atoms with Crippen molar-refractivity contribution < 1.29 is 9.47 Å². The molecule has 0 saturated heterocycles. The van der Waals surface area contributed by atoms with Gasteiger partial charge in [-0.05, 0) is 48.1 Å². The number of allylic oxidation sites excluding steroid dienone is 4. The molecule has 0 aliphatic heterocycles. The highest BCUT2D eigenvalue weighted by Crippen LogP contribution is 2.44. The second kappa shape index (κ2) is 6.76. The number of hydrogen-bond donors (Lipinski definition) is 0. The molecule has 0 aromatic heterocycles. The molecule has 113 valence electrons. The van der Waals surface area contributed by atoms with Crippen LogP contribution >= 0.6 is 23.2 Å². The van der Waals surface area contributed by atoms with E-state index in [0.717, 1.165) is 34.6 Å². The first-order valence-corrected chi connectivity index (χ1v) is 7.59. The molecule has 0 N–H and O–H groups in total. The summed E-state index contributed by atoms with van der Waals surface area (Å²) in [5, 5.41) is 1.22. The Morgan fingerprint density at radius 2 is 1.76 bits per heavy atom. The first-order chi connectivity index (χ1) is 9.99. The van der Waals surface area contributed by atoms with Crippen LogP contribution in [0.15, 0.2) is 33.8 Å². The number of ether oxygens (including phenoxy) is 2. The van der Waals surface area contributed by atoms with Crippen molar-refractivity contribution in [3.8, 4) is 11.5 Å². The Morgan fingerprint density at radius 1 is 1.05 bits per heavy atom. The van der Waals surface area contributed by atoms with Gasteiger partial charge in [0.15, 0.2) is 0 Å². The Balaban J connectivity index is 2.56. The summed E-state index contributed by atoms with van der Waals surface area (Å²) in [6, 6.07) is 5.66. The van der Waals surface area contributed by atoms with Gasteiger partial charge in [0.05, 0.1) is 24.3 Å². The first kappa shape index (κ1) is 16.3. The van der Waals surface area contributed by atoms with Crippen LogP contribution in [0, 0.1) is 12.3 Å². The molecule has 0 heterocycles. The average Bonchev–Trinajstić information content (AvgIpc) is 2.49. The molecule has 0 unspecified atom stereocenters. The lowest BCUT2D eigenvalue weighted by Gasteiger charge is -2.23. The summed E-state index contributed by atoms with van der Waals surface area (Å²) in [4.78, 5) is 0.